The number of rotatable bonds is 4. The maximum absolute atomic E-state index is 13.1. The molecule has 0 atom stereocenters. The van der Waals surface area contributed by atoms with E-state index < -0.39 is 0 Å². The summed E-state index contributed by atoms with van der Waals surface area (Å²) >= 11 is 0. The van der Waals surface area contributed by atoms with Gasteiger partial charge in [-0.2, -0.15) is 0 Å². The summed E-state index contributed by atoms with van der Waals surface area (Å²) < 4.78 is 0. The zero-order valence-corrected chi connectivity index (χ0v) is 19.2. The van der Waals surface area contributed by atoms with Crippen molar-refractivity contribution in [2.24, 2.45) is 4.99 Å². The second kappa shape index (κ2) is 8.54. The van der Waals surface area contributed by atoms with Crippen LogP contribution < -0.4 is 16.8 Å². The monoisotopic (exact) mass is 429 g/mol. The lowest BCUT2D eigenvalue weighted by Crippen LogP contribution is -2.29. The van der Waals surface area contributed by atoms with Gasteiger partial charge in [0.1, 0.15) is 0 Å². The molecule has 1 fully saturated rings. The first-order valence-corrected chi connectivity index (χ1v) is 11.1. The fraction of sp³-hybridized carbons (Fsp3) is 0.308. The van der Waals surface area contributed by atoms with E-state index in [1.54, 1.807) is 6.08 Å². The second-order valence-corrected chi connectivity index (χ2v) is 8.64. The Labute approximate surface area is 189 Å². The van der Waals surface area contributed by atoms with E-state index in [9.17, 15) is 4.79 Å². The molecule has 2 aromatic carbocycles. The Hall–Kier alpha value is -3.54. The number of nitrogen functional groups attached to an aromatic ring is 2. The van der Waals surface area contributed by atoms with Crippen LogP contribution in [0.2, 0.25) is 0 Å². The molecule has 0 radical (unpaired) electrons. The van der Waals surface area contributed by atoms with E-state index in [2.05, 4.69) is 10.2 Å². The van der Waals surface area contributed by atoms with Crippen LogP contribution in [0.25, 0.3) is 0 Å². The molecule has 1 heterocycles. The highest BCUT2D eigenvalue weighted by molar-refractivity contribution is 6.23. The van der Waals surface area contributed by atoms with Gasteiger partial charge in [-0.25, -0.2) is 4.99 Å². The van der Waals surface area contributed by atoms with Gasteiger partial charge in [0.05, 0.1) is 22.8 Å². The van der Waals surface area contributed by atoms with E-state index in [0.29, 0.717) is 5.70 Å². The second-order valence-electron chi connectivity index (χ2n) is 8.64. The number of likely N-dealkylation sites (tertiary alicyclic amines) is 1. The summed E-state index contributed by atoms with van der Waals surface area (Å²) in [4.78, 5) is 20.3. The van der Waals surface area contributed by atoms with E-state index in [0.717, 1.165) is 82.3 Å². The smallest absolute Gasteiger partial charge is 0.204 e. The summed E-state index contributed by atoms with van der Waals surface area (Å²) in [5, 5.41) is 3.32. The lowest BCUT2D eigenvalue weighted by atomic mass is 10.0. The number of benzene rings is 2. The van der Waals surface area contributed by atoms with Gasteiger partial charge >= 0.3 is 0 Å². The van der Waals surface area contributed by atoms with Gasteiger partial charge in [-0.15, -0.1) is 0 Å². The lowest BCUT2D eigenvalue weighted by Gasteiger charge is -2.25. The number of hydrogen-bond acceptors (Lipinski definition) is 6. The fourth-order valence-electron chi connectivity index (χ4n) is 4.16. The van der Waals surface area contributed by atoms with Crippen LogP contribution in [0.4, 0.5) is 22.7 Å². The molecule has 2 aromatic rings. The molecular weight excluding hydrogens is 398 g/mol. The molecular formula is C26H31N5O. The Morgan fingerprint density at radius 1 is 0.844 bits per heavy atom. The Balaban J connectivity index is 1.77. The molecule has 0 bridgehead atoms. The number of ketones is 1. The molecule has 5 N–H and O–H groups in total. The minimum absolute atomic E-state index is 0.0510. The van der Waals surface area contributed by atoms with Crippen LogP contribution in [0.1, 0.15) is 35.1 Å². The van der Waals surface area contributed by atoms with Gasteiger partial charge in [-0.05, 0) is 93.1 Å². The van der Waals surface area contributed by atoms with Crippen molar-refractivity contribution in [3.05, 3.63) is 70.1 Å². The van der Waals surface area contributed by atoms with Crippen LogP contribution in [0.3, 0.4) is 0 Å². The highest BCUT2D eigenvalue weighted by Gasteiger charge is 2.26. The molecule has 4 rings (SSSR count). The fourth-order valence-corrected chi connectivity index (χ4v) is 4.16. The minimum atomic E-state index is -0.0510. The van der Waals surface area contributed by atoms with E-state index in [1.165, 1.54) is 0 Å². The number of hydrogen-bond donors (Lipinski definition) is 3. The molecule has 0 aromatic heterocycles. The Morgan fingerprint density at radius 2 is 1.47 bits per heavy atom. The quantitative estimate of drug-likeness (QED) is 0.483. The molecule has 0 amide bonds. The maximum atomic E-state index is 13.1. The maximum Gasteiger partial charge on any atom is 0.204 e. The van der Waals surface area contributed by atoms with Crippen LogP contribution in [0.5, 0.6) is 0 Å². The largest absolute Gasteiger partial charge is 0.399 e. The van der Waals surface area contributed by atoms with Crippen molar-refractivity contribution in [3.63, 3.8) is 0 Å². The molecule has 6 heteroatoms. The predicted octanol–water partition coefficient (Wildman–Crippen LogP) is 4.72. The van der Waals surface area contributed by atoms with Gasteiger partial charge in [0.2, 0.25) is 5.78 Å². The third-order valence-electron chi connectivity index (χ3n) is 6.66. The number of carbonyl (C=O) groups is 1. The van der Waals surface area contributed by atoms with Crippen molar-refractivity contribution in [2.75, 3.05) is 29.9 Å². The normalized spacial score (nSPS) is 17.6. The lowest BCUT2D eigenvalue weighted by molar-refractivity contribution is -0.111. The Morgan fingerprint density at radius 3 is 2.16 bits per heavy atom. The zero-order chi connectivity index (χ0) is 23.0. The van der Waals surface area contributed by atoms with Crippen molar-refractivity contribution >= 4 is 34.2 Å². The molecule has 6 nitrogen and oxygen atoms in total. The molecule has 166 valence electrons. The standard InChI is InChI=1S/C26H31N5O/c1-15-17(3)21(9-7-19(15)27)29-23-13-24(26(32)14-25(23)31-11-5-6-12-31)30-22-10-8-20(28)16(2)18(22)4/h7-10,13-14,30H,5-6,11-12,27-28H2,1-4H3/b29-23+. The number of anilines is 3. The van der Waals surface area contributed by atoms with Gasteiger partial charge in [0, 0.05) is 36.2 Å². The van der Waals surface area contributed by atoms with Crippen LogP contribution in [0.15, 0.2) is 52.8 Å². The first-order valence-electron chi connectivity index (χ1n) is 11.1. The summed E-state index contributed by atoms with van der Waals surface area (Å²) in [6.07, 6.45) is 5.83. The van der Waals surface area contributed by atoms with Crippen LogP contribution in [-0.4, -0.2) is 29.5 Å². The van der Waals surface area contributed by atoms with Crippen molar-refractivity contribution in [3.8, 4) is 0 Å². The van der Waals surface area contributed by atoms with Gasteiger partial charge in [-0.1, -0.05) is 0 Å². The molecule has 0 saturated carbocycles. The molecule has 32 heavy (non-hydrogen) atoms. The first-order chi connectivity index (χ1) is 15.3. The molecule has 2 aliphatic rings. The van der Waals surface area contributed by atoms with Crippen LogP contribution in [0, 0.1) is 27.7 Å². The highest BCUT2D eigenvalue weighted by atomic mass is 16.1. The van der Waals surface area contributed by atoms with Crippen molar-refractivity contribution in [1.82, 2.24) is 4.90 Å². The molecule has 1 aliphatic heterocycles. The summed E-state index contributed by atoms with van der Waals surface area (Å²) in [5.41, 5.74) is 21.6. The van der Waals surface area contributed by atoms with Crippen molar-refractivity contribution in [2.45, 2.75) is 40.5 Å². The van der Waals surface area contributed by atoms with Crippen LogP contribution in [-0.2, 0) is 4.79 Å². The Kier molecular flexibility index (Phi) is 5.78. The summed E-state index contributed by atoms with van der Waals surface area (Å²) in [6.45, 7) is 9.89. The number of nitrogens with two attached hydrogens (primary N) is 2. The van der Waals surface area contributed by atoms with E-state index in [-0.39, 0.29) is 5.78 Å². The van der Waals surface area contributed by atoms with Gasteiger partial charge in [0.15, 0.2) is 0 Å². The molecule has 1 saturated heterocycles. The number of allylic oxidation sites excluding steroid dienone is 2. The number of carbonyl (C=O) groups excluding carboxylic acids is 1. The van der Waals surface area contributed by atoms with Crippen molar-refractivity contribution < 1.29 is 4.79 Å². The average Bonchev–Trinajstić information content (AvgIpc) is 3.31. The SMILES string of the molecule is Cc1c(N)ccc(/N=C2\C=C(Nc3ccc(N)c(C)c3C)C(=O)C=C2N2CCCC2)c1C. The van der Waals surface area contributed by atoms with Gasteiger partial charge < -0.3 is 21.7 Å². The minimum Gasteiger partial charge on any atom is -0.399 e. The van der Waals surface area contributed by atoms with Gasteiger partial charge in [-0.3, -0.25) is 4.79 Å². The van der Waals surface area contributed by atoms with Crippen molar-refractivity contribution in [1.29, 1.82) is 0 Å². The van der Waals surface area contributed by atoms with E-state index in [4.69, 9.17) is 16.5 Å². The highest BCUT2D eigenvalue weighted by Crippen LogP contribution is 2.30. The summed E-state index contributed by atoms with van der Waals surface area (Å²) in [6, 6.07) is 7.60. The third kappa shape index (κ3) is 4.00. The summed E-state index contributed by atoms with van der Waals surface area (Å²) in [5.74, 6) is -0.0510. The third-order valence-corrected chi connectivity index (χ3v) is 6.66. The number of aliphatic imine (C=N–C) groups is 1. The Bertz CT molecular complexity index is 1180. The molecule has 0 unspecified atom stereocenters. The number of nitrogens with zero attached hydrogens (tertiary/aromatic N) is 2. The van der Waals surface area contributed by atoms with Crippen LogP contribution >= 0.6 is 0 Å². The van der Waals surface area contributed by atoms with E-state index >= 15 is 0 Å². The van der Waals surface area contributed by atoms with E-state index in [1.807, 2.05) is 58.0 Å². The average molecular weight is 430 g/mol. The first kappa shape index (κ1) is 21.7. The predicted molar refractivity (Wildman–Crippen MR) is 133 cm³/mol. The van der Waals surface area contributed by atoms with Gasteiger partial charge in [0.25, 0.3) is 0 Å². The zero-order valence-electron chi connectivity index (χ0n) is 19.2. The molecule has 1 aliphatic carbocycles. The number of nitrogens with one attached hydrogen (secondary N) is 1. The summed E-state index contributed by atoms with van der Waals surface area (Å²) in [7, 11) is 0. The topological polar surface area (TPSA) is 96.7 Å². The molecule has 0 spiro atoms.